The average molecular weight is 436 g/mol. The van der Waals surface area contributed by atoms with E-state index in [4.69, 9.17) is 16.7 Å². The average Bonchev–Trinajstić information content (AvgIpc) is 2.82. The maximum absolute atomic E-state index is 12.2. The molecule has 116 valence electrons. The zero-order valence-electron chi connectivity index (χ0n) is 10.2. The third kappa shape index (κ3) is 3.57. The van der Waals surface area contributed by atoms with Gasteiger partial charge in [0.1, 0.15) is 9.10 Å². The van der Waals surface area contributed by atoms with Crippen LogP contribution in [0.2, 0.25) is 5.02 Å². The van der Waals surface area contributed by atoms with Gasteiger partial charge in [-0.15, -0.1) is 11.3 Å². The van der Waals surface area contributed by atoms with Gasteiger partial charge in [-0.2, -0.15) is 5.10 Å². The number of primary sulfonamides is 1. The summed E-state index contributed by atoms with van der Waals surface area (Å²) >= 11 is 9.76. The first-order valence-corrected chi connectivity index (χ1v) is 10.1. The molecule has 0 aliphatic heterocycles. The van der Waals surface area contributed by atoms with Crippen molar-refractivity contribution < 1.29 is 16.8 Å². The summed E-state index contributed by atoms with van der Waals surface area (Å²) in [7, 11) is -6.70. The lowest BCUT2D eigenvalue weighted by molar-refractivity contribution is 0.598. The van der Waals surface area contributed by atoms with Gasteiger partial charge < -0.3 is 0 Å². The highest BCUT2D eigenvalue weighted by atomic mass is 79.9. The molecule has 0 unspecified atom stereocenters. The molecule has 0 bridgehead atoms. The van der Waals surface area contributed by atoms with Gasteiger partial charge in [0.15, 0.2) is 5.82 Å². The van der Waals surface area contributed by atoms with Gasteiger partial charge in [-0.3, -0.25) is 9.40 Å². The summed E-state index contributed by atoms with van der Waals surface area (Å²) in [5.41, 5.74) is 0. The van der Waals surface area contributed by atoms with E-state index in [1.165, 1.54) is 13.1 Å². The molecule has 0 saturated heterocycles. The lowest BCUT2D eigenvalue weighted by Crippen LogP contribution is -2.17. The van der Waals surface area contributed by atoms with Crippen LogP contribution in [0.3, 0.4) is 0 Å². The predicted octanol–water partition coefficient (Wildman–Crippen LogP) is 1.35. The highest BCUT2D eigenvalue weighted by molar-refractivity contribution is 9.11. The second-order valence-corrected chi connectivity index (χ2v) is 10.1. The van der Waals surface area contributed by atoms with E-state index < -0.39 is 24.9 Å². The fraction of sp³-hybridized carbons (Fsp3) is 0.125. The van der Waals surface area contributed by atoms with Gasteiger partial charge in [0.25, 0.3) is 10.0 Å². The Morgan fingerprint density at radius 3 is 2.52 bits per heavy atom. The molecule has 2 heterocycles. The first-order chi connectivity index (χ1) is 9.50. The summed E-state index contributed by atoms with van der Waals surface area (Å²) in [6, 6.07) is 1.23. The minimum Gasteiger partial charge on any atom is -0.272 e. The molecule has 0 saturated carbocycles. The second kappa shape index (κ2) is 5.52. The van der Waals surface area contributed by atoms with Gasteiger partial charge in [0.05, 0.1) is 8.81 Å². The molecule has 3 N–H and O–H groups in total. The molecule has 0 atom stereocenters. The van der Waals surface area contributed by atoms with Gasteiger partial charge >= 0.3 is 0 Å². The van der Waals surface area contributed by atoms with Crippen LogP contribution < -0.4 is 9.86 Å². The first-order valence-electron chi connectivity index (χ1n) is 5.05. The second-order valence-electron chi connectivity index (χ2n) is 3.85. The van der Waals surface area contributed by atoms with E-state index in [1.807, 2.05) is 0 Å². The summed E-state index contributed by atoms with van der Waals surface area (Å²) in [5.74, 6) is -0.374. The lowest BCUT2D eigenvalue weighted by atomic mass is 10.7. The monoisotopic (exact) mass is 434 g/mol. The fourth-order valence-electron chi connectivity index (χ4n) is 1.38. The Bertz CT molecular complexity index is 883. The smallest absolute Gasteiger partial charge is 0.272 e. The molecule has 0 aliphatic rings. The van der Waals surface area contributed by atoms with Crippen molar-refractivity contribution >= 4 is 64.7 Å². The Morgan fingerprint density at radius 2 is 2.05 bits per heavy atom. The van der Waals surface area contributed by atoms with Gasteiger partial charge in [-0.05, 0) is 22.0 Å². The van der Waals surface area contributed by atoms with E-state index in [9.17, 15) is 16.8 Å². The number of sulfonamides is 2. The standard InChI is InChI=1S/C8H8BrClN4O4S3/c1-14-3-5(20(11,15)16)8(12-14)13-21(17,18)6-2-4(10)7(9)19-6/h2-3H,1H3,(H,12,13)(H2,11,15,16). The van der Waals surface area contributed by atoms with Crippen LogP contribution in [0.25, 0.3) is 0 Å². The third-order valence-electron chi connectivity index (χ3n) is 2.22. The largest absolute Gasteiger partial charge is 0.272 e. The van der Waals surface area contributed by atoms with Crippen LogP contribution in [0.4, 0.5) is 5.82 Å². The van der Waals surface area contributed by atoms with Crippen LogP contribution in [0.1, 0.15) is 0 Å². The summed E-state index contributed by atoms with van der Waals surface area (Å²) in [6.07, 6.45) is 1.10. The molecule has 8 nitrogen and oxygen atoms in total. The molecule has 13 heteroatoms. The molecule has 0 aliphatic carbocycles. The van der Waals surface area contributed by atoms with Crippen molar-refractivity contribution in [3.63, 3.8) is 0 Å². The normalized spacial score (nSPS) is 12.6. The quantitative estimate of drug-likeness (QED) is 0.750. The van der Waals surface area contributed by atoms with Crippen molar-refractivity contribution in [2.75, 3.05) is 4.72 Å². The van der Waals surface area contributed by atoms with Crippen LogP contribution in [0.15, 0.2) is 25.2 Å². The van der Waals surface area contributed by atoms with Crippen LogP contribution in [-0.4, -0.2) is 26.6 Å². The number of halogens is 2. The topological polar surface area (TPSA) is 124 Å². The summed E-state index contributed by atoms with van der Waals surface area (Å²) in [4.78, 5) is -0.421. The van der Waals surface area contributed by atoms with Crippen LogP contribution in [0.5, 0.6) is 0 Å². The van der Waals surface area contributed by atoms with E-state index in [-0.39, 0.29) is 15.0 Å². The zero-order valence-corrected chi connectivity index (χ0v) is 15.0. The highest BCUT2D eigenvalue weighted by Gasteiger charge is 2.25. The number of hydrogen-bond acceptors (Lipinski definition) is 6. The minimum absolute atomic E-state index is 0.0922. The van der Waals surface area contributed by atoms with Crippen molar-refractivity contribution in [2.45, 2.75) is 9.10 Å². The molecule has 2 aromatic heterocycles. The number of anilines is 1. The zero-order chi connectivity index (χ0) is 16.0. The number of thiophene rings is 1. The van der Waals surface area contributed by atoms with Crippen LogP contribution in [0, 0.1) is 0 Å². The van der Waals surface area contributed by atoms with Crippen molar-refractivity contribution in [3.05, 3.63) is 21.1 Å². The molecule has 0 radical (unpaired) electrons. The molecule has 0 spiro atoms. The van der Waals surface area contributed by atoms with E-state index in [1.54, 1.807) is 0 Å². The van der Waals surface area contributed by atoms with E-state index >= 15 is 0 Å². The van der Waals surface area contributed by atoms with Crippen molar-refractivity contribution in [2.24, 2.45) is 12.2 Å². The SMILES string of the molecule is Cn1cc(S(N)(=O)=O)c(NS(=O)(=O)c2cc(Cl)c(Br)s2)n1. The number of aryl methyl sites for hydroxylation is 1. The summed E-state index contributed by atoms with van der Waals surface area (Å²) in [6.45, 7) is 0. The summed E-state index contributed by atoms with van der Waals surface area (Å²) < 4.78 is 50.8. The van der Waals surface area contributed by atoms with Gasteiger partial charge in [0.2, 0.25) is 10.0 Å². The van der Waals surface area contributed by atoms with Crippen LogP contribution >= 0.6 is 38.9 Å². The fourth-order valence-corrected chi connectivity index (χ4v) is 5.52. The molecular weight excluding hydrogens is 428 g/mol. The first kappa shape index (κ1) is 16.7. The molecule has 0 amide bonds. The third-order valence-corrected chi connectivity index (χ3v) is 7.42. The number of aromatic nitrogens is 2. The molecule has 2 aromatic rings. The number of rotatable bonds is 4. The van der Waals surface area contributed by atoms with E-state index in [0.717, 1.165) is 22.2 Å². The Kier molecular flexibility index (Phi) is 4.39. The maximum atomic E-state index is 12.2. The molecule has 0 aromatic carbocycles. The Balaban J connectivity index is 2.47. The van der Waals surface area contributed by atoms with Gasteiger partial charge in [-0.25, -0.2) is 22.0 Å². The Labute approximate surface area is 138 Å². The number of hydrogen-bond donors (Lipinski definition) is 2. The van der Waals surface area contributed by atoms with Crippen molar-refractivity contribution in [1.29, 1.82) is 0 Å². The Morgan fingerprint density at radius 1 is 1.43 bits per heavy atom. The van der Waals surface area contributed by atoms with Gasteiger partial charge in [0, 0.05) is 13.2 Å². The van der Waals surface area contributed by atoms with E-state index in [0.29, 0.717) is 3.79 Å². The summed E-state index contributed by atoms with van der Waals surface area (Å²) in [5, 5.41) is 8.99. The molecule has 0 fully saturated rings. The Hall–Kier alpha value is -0.660. The minimum atomic E-state index is -4.11. The van der Waals surface area contributed by atoms with Crippen LogP contribution in [-0.2, 0) is 27.1 Å². The highest BCUT2D eigenvalue weighted by Crippen LogP contribution is 2.35. The van der Waals surface area contributed by atoms with Gasteiger partial charge in [-0.1, -0.05) is 11.6 Å². The molecular formula is C8H8BrClN4O4S3. The lowest BCUT2D eigenvalue weighted by Gasteiger charge is -2.04. The number of nitrogens with one attached hydrogen (secondary N) is 1. The van der Waals surface area contributed by atoms with E-state index in [2.05, 4.69) is 25.8 Å². The van der Waals surface area contributed by atoms with Crippen molar-refractivity contribution in [1.82, 2.24) is 9.78 Å². The predicted molar refractivity (Wildman–Crippen MR) is 82.4 cm³/mol. The molecule has 21 heavy (non-hydrogen) atoms. The number of nitrogens with zero attached hydrogens (tertiary/aromatic N) is 2. The number of nitrogens with two attached hydrogens (primary N) is 1. The molecule has 2 rings (SSSR count). The van der Waals surface area contributed by atoms with Crippen molar-refractivity contribution in [3.8, 4) is 0 Å². The maximum Gasteiger partial charge on any atom is 0.272 e.